The van der Waals surface area contributed by atoms with Crippen molar-refractivity contribution < 1.29 is 13.9 Å². The number of amides is 2. The van der Waals surface area contributed by atoms with Crippen molar-refractivity contribution in [2.75, 3.05) is 13.7 Å². The molecule has 0 saturated heterocycles. The van der Waals surface area contributed by atoms with Gasteiger partial charge >= 0.3 is 6.03 Å². The van der Waals surface area contributed by atoms with Gasteiger partial charge in [0.25, 0.3) is 0 Å². The molecule has 2 amide bonds. The summed E-state index contributed by atoms with van der Waals surface area (Å²) in [7, 11) is 1.40. The number of hydrogen-bond donors (Lipinski definition) is 1. The van der Waals surface area contributed by atoms with E-state index >= 15 is 0 Å². The number of benzene rings is 1. The summed E-state index contributed by atoms with van der Waals surface area (Å²) < 4.78 is 18.7. The number of halogens is 1. The zero-order chi connectivity index (χ0) is 14.9. The average Bonchev–Trinajstić information content (AvgIpc) is 2.63. The molecule has 0 fully saturated rings. The number of amidine groups is 1. The molecular weight excluding hydrogens is 261 g/mol. The quantitative estimate of drug-likeness (QED) is 0.919. The first-order valence-electron chi connectivity index (χ1n) is 6.42. The summed E-state index contributed by atoms with van der Waals surface area (Å²) in [5, 5.41) is 0. The van der Waals surface area contributed by atoms with Gasteiger partial charge in [-0.2, -0.15) is 4.99 Å². The van der Waals surface area contributed by atoms with Crippen molar-refractivity contribution in [1.29, 1.82) is 0 Å². The highest BCUT2D eigenvalue weighted by molar-refractivity contribution is 6.03. The Morgan fingerprint density at radius 3 is 2.75 bits per heavy atom. The van der Waals surface area contributed by atoms with Crippen molar-refractivity contribution >= 4 is 11.9 Å². The molecule has 1 heterocycles. The number of nitrogens with zero attached hydrogens (tertiary/aromatic N) is 2. The molecule has 1 aromatic carbocycles. The standard InChI is InChI=1S/C14H18FN3O2/c1-8(2)7-18-12(13(16)17-14(18)19)9-4-5-11(20-3)10(15)6-9/h4-6,8,12H,7H2,1-3H3,(H2,16,17,19). The monoisotopic (exact) mass is 279 g/mol. The van der Waals surface area contributed by atoms with Crippen LogP contribution in [-0.2, 0) is 0 Å². The molecule has 1 atom stereocenters. The second-order valence-corrected chi connectivity index (χ2v) is 5.16. The lowest BCUT2D eigenvalue weighted by molar-refractivity contribution is 0.198. The number of carbonyl (C=O) groups is 1. The van der Waals surface area contributed by atoms with Crippen molar-refractivity contribution in [1.82, 2.24) is 4.90 Å². The Morgan fingerprint density at radius 2 is 2.20 bits per heavy atom. The average molecular weight is 279 g/mol. The Kier molecular flexibility index (Phi) is 3.92. The third-order valence-corrected chi connectivity index (χ3v) is 3.12. The minimum Gasteiger partial charge on any atom is -0.494 e. The van der Waals surface area contributed by atoms with Crippen LogP contribution in [0.5, 0.6) is 5.75 Å². The van der Waals surface area contributed by atoms with Crippen molar-refractivity contribution in [2.45, 2.75) is 19.9 Å². The van der Waals surface area contributed by atoms with Crippen LogP contribution in [0.1, 0.15) is 25.5 Å². The minimum absolute atomic E-state index is 0.156. The van der Waals surface area contributed by atoms with Gasteiger partial charge in [-0.25, -0.2) is 9.18 Å². The number of urea groups is 1. The number of methoxy groups -OCH3 is 1. The topological polar surface area (TPSA) is 67.9 Å². The molecule has 20 heavy (non-hydrogen) atoms. The maximum Gasteiger partial charge on any atom is 0.346 e. The van der Waals surface area contributed by atoms with E-state index in [0.29, 0.717) is 12.1 Å². The highest BCUT2D eigenvalue weighted by Crippen LogP contribution is 2.30. The maximum atomic E-state index is 13.8. The normalized spacial score (nSPS) is 18.6. The van der Waals surface area contributed by atoms with Crippen LogP contribution >= 0.6 is 0 Å². The van der Waals surface area contributed by atoms with Crippen LogP contribution in [0, 0.1) is 11.7 Å². The van der Waals surface area contributed by atoms with Crippen molar-refractivity contribution in [3.63, 3.8) is 0 Å². The van der Waals surface area contributed by atoms with Crippen molar-refractivity contribution in [2.24, 2.45) is 16.6 Å². The molecule has 0 aliphatic carbocycles. The van der Waals surface area contributed by atoms with Crippen LogP contribution in [0.3, 0.4) is 0 Å². The van der Waals surface area contributed by atoms with Gasteiger partial charge in [0.05, 0.1) is 7.11 Å². The summed E-state index contributed by atoms with van der Waals surface area (Å²) in [5.41, 5.74) is 6.42. The highest BCUT2D eigenvalue weighted by atomic mass is 19.1. The van der Waals surface area contributed by atoms with Gasteiger partial charge in [-0.3, -0.25) is 0 Å². The fourth-order valence-corrected chi connectivity index (χ4v) is 2.29. The van der Waals surface area contributed by atoms with Crippen LogP contribution in [0.25, 0.3) is 0 Å². The molecule has 0 saturated carbocycles. The third-order valence-electron chi connectivity index (χ3n) is 3.12. The molecule has 0 aromatic heterocycles. The van der Waals surface area contributed by atoms with Gasteiger partial charge in [-0.05, 0) is 23.6 Å². The zero-order valence-corrected chi connectivity index (χ0v) is 11.8. The summed E-state index contributed by atoms with van der Waals surface area (Å²) >= 11 is 0. The van der Waals surface area contributed by atoms with E-state index in [0.717, 1.165) is 0 Å². The summed E-state index contributed by atoms with van der Waals surface area (Å²) in [6.45, 7) is 4.50. The van der Waals surface area contributed by atoms with Crippen LogP contribution in [0.4, 0.5) is 9.18 Å². The number of carbonyl (C=O) groups excluding carboxylic acids is 1. The Balaban J connectivity index is 2.35. The number of ether oxygens (including phenoxy) is 1. The Bertz CT molecular complexity index is 557. The molecule has 6 heteroatoms. The van der Waals surface area contributed by atoms with Crippen molar-refractivity contribution in [3.05, 3.63) is 29.6 Å². The predicted octanol–water partition coefficient (Wildman–Crippen LogP) is 2.32. The highest BCUT2D eigenvalue weighted by Gasteiger charge is 2.35. The first kappa shape index (κ1) is 14.3. The van der Waals surface area contributed by atoms with Gasteiger partial charge in [0.1, 0.15) is 11.9 Å². The molecule has 108 valence electrons. The fraction of sp³-hybridized carbons (Fsp3) is 0.429. The lowest BCUT2D eigenvalue weighted by Crippen LogP contribution is -2.35. The van der Waals surface area contributed by atoms with Gasteiger partial charge in [0.15, 0.2) is 11.6 Å². The maximum absolute atomic E-state index is 13.8. The van der Waals surface area contributed by atoms with Crippen LogP contribution in [0.2, 0.25) is 0 Å². The van der Waals surface area contributed by atoms with E-state index in [4.69, 9.17) is 10.5 Å². The number of rotatable bonds is 4. The van der Waals surface area contributed by atoms with Crippen LogP contribution < -0.4 is 10.5 Å². The Morgan fingerprint density at radius 1 is 1.50 bits per heavy atom. The zero-order valence-electron chi connectivity index (χ0n) is 11.8. The van der Waals surface area contributed by atoms with Gasteiger partial charge in [0, 0.05) is 6.54 Å². The van der Waals surface area contributed by atoms with E-state index in [1.807, 2.05) is 13.8 Å². The Labute approximate surface area is 117 Å². The largest absolute Gasteiger partial charge is 0.494 e. The minimum atomic E-state index is -0.509. The Hall–Kier alpha value is -2.11. The molecular formula is C14H18FN3O2. The second kappa shape index (κ2) is 5.48. The summed E-state index contributed by atoms with van der Waals surface area (Å²) in [6, 6.07) is 3.66. The fourth-order valence-electron chi connectivity index (χ4n) is 2.29. The lowest BCUT2D eigenvalue weighted by Gasteiger charge is -2.26. The molecule has 2 rings (SSSR count). The number of hydrogen-bond acceptors (Lipinski definition) is 3. The molecule has 0 bridgehead atoms. The molecule has 2 N–H and O–H groups in total. The van der Waals surface area contributed by atoms with E-state index in [1.165, 1.54) is 19.2 Å². The molecule has 0 radical (unpaired) electrons. The number of nitrogens with two attached hydrogens (primary N) is 1. The van der Waals surface area contributed by atoms with E-state index in [1.54, 1.807) is 11.0 Å². The van der Waals surface area contributed by atoms with E-state index in [-0.39, 0.29) is 23.5 Å². The summed E-state index contributed by atoms with van der Waals surface area (Å²) in [5.74, 6) is 0.136. The summed E-state index contributed by atoms with van der Waals surface area (Å²) in [4.78, 5) is 17.2. The lowest BCUT2D eigenvalue weighted by atomic mass is 10.0. The molecule has 1 aliphatic heterocycles. The van der Waals surface area contributed by atoms with Gasteiger partial charge in [-0.15, -0.1) is 0 Å². The first-order valence-corrected chi connectivity index (χ1v) is 6.42. The molecule has 1 aromatic rings. The number of aliphatic imine (C=N–C) groups is 1. The van der Waals surface area contributed by atoms with Gasteiger partial charge in [0.2, 0.25) is 0 Å². The summed E-state index contributed by atoms with van der Waals surface area (Å²) in [6.07, 6.45) is 0. The smallest absolute Gasteiger partial charge is 0.346 e. The van der Waals surface area contributed by atoms with Crippen LogP contribution in [0.15, 0.2) is 23.2 Å². The predicted molar refractivity (Wildman–Crippen MR) is 74.3 cm³/mol. The molecule has 5 nitrogen and oxygen atoms in total. The van der Waals surface area contributed by atoms with Gasteiger partial charge < -0.3 is 15.4 Å². The molecule has 1 unspecified atom stereocenters. The third kappa shape index (κ3) is 2.59. The van der Waals surface area contributed by atoms with Crippen molar-refractivity contribution in [3.8, 4) is 5.75 Å². The molecule has 0 spiro atoms. The van der Waals surface area contributed by atoms with E-state index < -0.39 is 11.9 Å². The van der Waals surface area contributed by atoms with E-state index in [2.05, 4.69) is 4.99 Å². The second-order valence-electron chi connectivity index (χ2n) is 5.16. The SMILES string of the molecule is COc1ccc(C2C(N)=NC(=O)N2CC(C)C)cc1F. The van der Waals surface area contributed by atoms with Crippen LogP contribution in [-0.4, -0.2) is 30.4 Å². The van der Waals surface area contributed by atoms with E-state index in [9.17, 15) is 9.18 Å². The van der Waals surface area contributed by atoms with Gasteiger partial charge in [-0.1, -0.05) is 19.9 Å². The molecule has 1 aliphatic rings. The first-order chi connectivity index (χ1) is 9.43.